The fourth-order valence-electron chi connectivity index (χ4n) is 1.75. The number of hydrogen-bond donors (Lipinski definition) is 0. The normalized spacial score (nSPS) is 21.5. The second kappa shape index (κ2) is 4.08. The van der Waals surface area contributed by atoms with Crippen molar-refractivity contribution in [3.8, 4) is 0 Å². The van der Waals surface area contributed by atoms with Gasteiger partial charge in [-0.05, 0) is 6.42 Å². The van der Waals surface area contributed by atoms with Crippen molar-refractivity contribution in [3.63, 3.8) is 0 Å². The molecule has 7 heteroatoms. The van der Waals surface area contributed by atoms with Crippen LogP contribution in [-0.4, -0.2) is 29.2 Å². The molecule has 3 nitrogen and oxygen atoms in total. The Morgan fingerprint density at radius 1 is 1.31 bits per heavy atom. The van der Waals surface area contributed by atoms with Crippen molar-refractivity contribution in [1.29, 1.82) is 0 Å². The highest BCUT2D eigenvalue weighted by molar-refractivity contribution is 6.31. The first-order valence-electron chi connectivity index (χ1n) is 4.76. The molecule has 0 spiro atoms. The third-order valence-corrected chi connectivity index (χ3v) is 2.85. The fourth-order valence-corrected chi connectivity index (χ4v) is 1.97. The van der Waals surface area contributed by atoms with E-state index in [1.165, 1.54) is 17.3 Å². The number of rotatable bonds is 1. The average Bonchev–Trinajstić information content (AvgIpc) is 2.66. The van der Waals surface area contributed by atoms with Gasteiger partial charge in [-0.3, -0.25) is 0 Å². The van der Waals surface area contributed by atoms with Crippen LogP contribution in [0.5, 0.6) is 0 Å². The highest BCUT2D eigenvalue weighted by Gasteiger charge is 2.44. The minimum Gasteiger partial charge on any atom is -0.353 e. The SMILES string of the molecule is FC(F)(F)[C@@H]1CCN(c2nccnc2Cl)C1. The molecule has 1 aromatic rings. The average molecular weight is 252 g/mol. The number of hydrogen-bond acceptors (Lipinski definition) is 3. The Hall–Kier alpha value is -1.04. The molecule has 1 fully saturated rings. The molecule has 0 amide bonds. The zero-order chi connectivity index (χ0) is 11.8. The van der Waals surface area contributed by atoms with Gasteiger partial charge in [0, 0.05) is 25.5 Å². The molecule has 2 rings (SSSR count). The molecule has 2 heterocycles. The Bertz CT molecular complexity index is 383. The fraction of sp³-hybridized carbons (Fsp3) is 0.556. The molecule has 1 aliphatic rings. The predicted octanol–water partition coefficient (Wildman–Crippen LogP) is 2.52. The van der Waals surface area contributed by atoms with Crippen molar-refractivity contribution < 1.29 is 13.2 Å². The van der Waals surface area contributed by atoms with E-state index in [-0.39, 0.29) is 18.1 Å². The van der Waals surface area contributed by atoms with Crippen LogP contribution in [0, 0.1) is 5.92 Å². The first-order chi connectivity index (χ1) is 7.48. The molecule has 16 heavy (non-hydrogen) atoms. The molecular weight excluding hydrogens is 243 g/mol. The number of alkyl halides is 3. The molecule has 0 saturated carbocycles. The van der Waals surface area contributed by atoms with Gasteiger partial charge in [-0.15, -0.1) is 0 Å². The largest absolute Gasteiger partial charge is 0.393 e. The van der Waals surface area contributed by atoms with E-state index < -0.39 is 12.1 Å². The predicted molar refractivity (Wildman–Crippen MR) is 53.4 cm³/mol. The lowest BCUT2D eigenvalue weighted by molar-refractivity contribution is -0.168. The van der Waals surface area contributed by atoms with E-state index in [1.807, 2.05) is 0 Å². The Kier molecular flexibility index (Phi) is 2.92. The number of nitrogens with zero attached hydrogens (tertiary/aromatic N) is 3. The van der Waals surface area contributed by atoms with E-state index >= 15 is 0 Å². The Morgan fingerprint density at radius 2 is 2.00 bits per heavy atom. The Morgan fingerprint density at radius 3 is 2.56 bits per heavy atom. The van der Waals surface area contributed by atoms with E-state index in [0.29, 0.717) is 12.4 Å². The molecule has 1 aliphatic heterocycles. The summed E-state index contributed by atoms with van der Waals surface area (Å²) in [5.41, 5.74) is 0. The molecule has 1 aromatic heterocycles. The minimum absolute atomic E-state index is 0.0798. The summed E-state index contributed by atoms with van der Waals surface area (Å²) >= 11 is 5.77. The topological polar surface area (TPSA) is 29.0 Å². The smallest absolute Gasteiger partial charge is 0.353 e. The van der Waals surface area contributed by atoms with E-state index in [4.69, 9.17) is 11.6 Å². The Balaban J connectivity index is 2.13. The van der Waals surface area contributed by atoms with Crippen molar-refractivity contribution in [2.45, 2.75) is 12.6 Å². The molecule has 0 aliphatic carbocycles. The van der Waals surface area contributed by atoms with Crippen molar-refractivity contribution in [3.05, 3.63) is 17.5 Å². The molecule has 1 saturated heterocycles. The van der Waals surface area contributed by atoms with E-state index in [2.05, 4.69) is 9.97 Å². The molecule has 0 bridgehead atoms. The summed E-state index contributed by atoms with van der Waals surface area (Å²) in [5, 5.41) is 0.144. The lowest BCUT2D eigenvalue weighted by Gasteiger charge is -2.18. The molecule has 1 atom stereocenters. The van der Waals surface area contributed by atoms with Crippen molar-refractivity contribution >= 4 is 17.4 Å². The van der Waals surface area contributed by atoms with E-state index in [1.54, 1.807) is 0 Å². The van der Waals surface area contributed by atoms with Crippen LogP contribution >= 0.6 is 11.6 Å². The maximum absolute atomic E-state index is 12.5. The summed E-state index contributed by atoms with van der Waals surface area (Å²) in [5.74, 6) is -0.971. The number of anilines is 1. The molecule has 0 aromatic carbocycles. The lowest BCUT2D eigenvalue weighted by Crippen LogP contribution is -2.28. The lowest BCUT2D eigenvalue weighted by atomic mass is 10.1. The zero-order valence-corrected chi connectivity index (χ0v) is 8.96. The van der Waals surface area contributed by atoms with Gasteiger partial charge in [0.2, 0.25) is 0 Å². The highest BCUT2D eigenvalue weighted by Crippen LogP contribution is 2.35. The van der Waals surface area contributed by atoms with Crippen molar-refractivity contribution in [2.24, 2.45) is 5.92 Å². The van der Waals surface area contributed by atoms with Gasteiger partial charge >= 0.3 is 6.18 Å². The molecule has 88 valence electrons. The second-order valence-corrected chi connectivity index (χ2v) is 4.00. The highest BCUT2D eigenvalue weighted by atomic mass is 35.5. The van der Waals surface area contributed by atoms with Gasteiger partial charge in [0.25, 0.3) is 0 Å². The molecule has 0 radical (unpaired) electrons. The quantitative estimate of drug-likeness (QED) is 0.768. The van der Waals surface area contributed by atoms with Gasteiger partial charge in [-0.25, -0.2) is 9.97 Å². The summed E-state index contributed by atoms with van der Waals surface area (Å²) in [4.78, 5) is 9.25. The maximum atomic E-state index is 12.5. The van der Waals surface area contributed by atoms with Crippen molar-refractivity contribution in [1.82, 2.24) is 9.97 Å². The van der Waals surface area contributed by atoms with Crippen LogP contribution in [0.1, 0.15) is 6.42 Å². The van der Waals surface area contributed by atoms with Crippen LogP contribution < -0.4 is 4.90 Å². The minimum atomic E-state index is -4.15. The van der Waals surface area contributed by atoms with Crippen LogP contribution in [0.25, 0.3) is 0 Å². The first kappa shape index (κ1) is 11.4. The van der Waals surface area contributed by atoms with Gasteiger partial charge in [-0.1, -0.05) is 11.6 Å². The van der Waals surface area contributed by atoms with Crippen LogP contribution in [0.15, 0.2) is 12.4 Å². The van der Waals surface area contributed by atoms with Crippen LogP contribution in [0.4, 0.5) is 19.0 Å². The van der Waals surface area contributed by atoms with Crippen LogP contribution in [0.2, 0.25) is 5.15 Å². The van der Waals surface area contributed by atoms with Gasteiger partial charge < -0.3 is 4.90 Å². The third-order valence-electron chi connectivity index (χ3n) is 2.59. The van der Waals surface area contributed by atoms with Gasteiger partial charge in [0.1, 0.15) is 0 Å². The van der Waals surface area contributed by atoms with Crippen LogP contribution in [-0.2, 0) is 0 Å². The molecule has 0 unspecified atom stereocenters. The van der Waals surface area contributed by atoms with Gasteiger partial charge in [0.05, 0.1) is 5.92 Å². The summed E-state index contributed by atoms with van der Waals surface area (Å²) in [6.45, 7) is 0.213. The van der Waals surface area contributed by atoms with Crippen LogP contribution in [0.3, 0.4) is 0 Å². The molecular formula is C9H9ClF3N3. The zero-order valence-electron chi connectivity index (χ0n) is 8.21. The monoisotopic (exact) mass is 251 g/mol. The van der Waals surface area contributed by atoms with Gasteiger partial charge in [0.15, 0.2) is 11.0 Å². The van der Waals surface area contributed by atoms with Gasteiger partial charge in [-0.2, -0.15) is 13.2 Å². The summed E-state index contributed by atoms with van der Waals surface area (Å²) in [6, 6.07) is 0. The van der Waals surface area contributed by atoms with Crippen molar-refractivity contribution in [2.75, 3.05) is 18.0 Å². The number of aromatic nitrogens is 2. The molecule has 0 N–H and O–H groups in total. The first-order valence-corrected chi connectivity index (χ1v) is 5.14. The van der Waals surface area contributed by atoms with E-state index in [0.717, 1.165) is 0 Å². The number of halogens is 4. The Labute approximate surface area is 95.2 Å². The van der Waals surface area contributed by atoms with E-state index in [9.17, 15) is 13.2 Å². The third kappa shape index (κ3) is 2.21. The standard InChI is InChI=1S/C9H9ClF3N3/c10-7-8(15-3-2-14-7)16-4-1-6(5-16)9(11,12)13/h2-3,6H,1,4-5H2/t6-/m1/s1. The second-order valence-electron chi connectivity index (χ2n) is 3.64. The summed E-state index contributed by atoms with van der Waals surface area (Å²) < 4.78 is 37.4. The summed E-state index contributed by atoms with van der Waals surface area (Å²) in [6.07, 6.45) is -1.24. The maximum Gasteiger partial charge on any atom is 0.393 e. The summed E-state index contributed by atoms with van der Waals surface area (Å²) in [7, 11) is 0.